The van der Waals surface area contributed by atoms with E-state index in [-0.39, 0.29) is 12.1 Å². The molecule has 0 atom stereocenters. The first-order valence-corrected chi connectivity index (χ1v) is 8.70. The van der Waals surface area contributed by atoms with E-state index in [4.69, 9.17) is 4.74 Å². The van der Waals surface area contributed by atoms with Crippen LogP contribution in [0.4, 0.5) is 0 Å². The van der Waals surface area contributed by atoms with Gasteiger partial charge in [-0.15, -0.1) is 0 Å². The van der Waals surface area contributed by atoms with Crippen LogP contribution in [0.2, 0.25) is 0 Å². The first kappa shape index (κ1) is 19.5. The molecule has 0 aliphatic carbocycles. The summed E-state index contributed by atoms with van der Waals surface area (Å²) >= 11 is 0. The molecule has 1 rings (SSSR count). The number of benzene rings is 1. The van der Waals surface area contributed by atoms with Crippen LogP contribution in [0.25, 0.3) is 6.08 Å². The van der Waals surface area contributed by atoms with Crippen LogP contribution in [0.15, 0.2) is 18.2 Å². The lowest BCUT2D eigenvalue weighted by atomic mass is 9.80. The zero-order valence-corrected chi connectivity index (χ0v) is 15.9. The van der Waals surface area contributed by atoms with Crippen molar-refractivity contribution in [3.05, 3.63) is 40.5 Å². The molecule has 0 heterocycles. The van der Waals surface area contributed by atoms with E-state index in [1.165, 1.54) is 16.7 Å². The molecule has 0 unspecified atom stereocenters. The summed E-state index contributed by atoms with van der Waals surface area (Å²) in [5, 5.41) is 0. The highest BCUT2D eigenvalue weighted by Crippen LogP contribution is 2.36. The van der Waals surface area contributed by atoms with Crippen molar-refractivity contribution < 1.29 is 9.53 Å². The van der Waals surface area contributed by atoms with Crippen molar-refractivity contribution in [2.45, 2.75) is 79.2 Å². The highest BCUT2D eigenvalue weighted by molar-refractivity contribution is 5.87. The molecule has 23 heavy (non-hydrogen) atoms. The van der Waals surface area contributed by atoms with Crippen molar-refractivity contribution >= 4 is 12.0 Å². The average Bonchev–Trinajstić information content (AvgIpc) is 2.42. The number of carbonyl (C=O) groups is 1. The van der Waals surface area contributed by atoms with Crippen molar-refractivity contribution in [3.63, 3.8) is 0 Å². The van der Waals surface area contributed by atoms with Gasteiger partial charge in [-0.2, -0.15) is 0 Å². The van der Waals surface area contributed by atoms with E-state index >= 15 is 0 Å². The van der Waals surface area contributed by atoms with Gasteiger partial charge in [0.05, 0.1) is 6.10 Å². The fourth-order valence-corrected chi connectivity index (χ4v) is 3.04. The molecule has 0 aliphatic rings. The Morgan fingerprint density at radius 1 is 0.870 bits per heavy atom. The van der Waals surface area contributed by atoms with E-state index in [2.05, 4.69) is 53.7 Å². The van der Waals surface area contributed by atoms with Crippen molar-refractivity contribution in [1.82, 2.24) is 0 Å². The molecule has 0 fully saturated rings. The Morgan fingerprint density at radius 2 is 1.43 bits per heavy atom. The van der Waals surface area contributed by atoms with Gasteiger partial charge >= 0.3 is 5.97 Å². The molecule has 0 aliphatic heterocycles. The number of hydrogen-bond donors (Lipinski definition) is 0. The van der Waals surface area contributed by atoms with Gasteiger partial charge < -0.3 is 4.74 Å². The van der Waals surface area contributed by atoms with Crippen molar-refractivity contribution in [2.75, 3.05) is 0 Å². The standard InChI is InChI=1S/C21H32O2/c1-13(2)18-11-9-17(10-12-19(22)23-16(7)8)20(14(3)4)21(18)15(5)6/h9-16H,1-8H3. The minimum atomic E-state index is -0.284. The minimum absolute atomic E-state index is 0.0914. The Morgan fingerprint density at radius 3 is 1.87 bits per heavy atom. The van der Waals surface area contributed by atoms with Crippen molar-refractivity contribution in [1.29, 1.82) is 0 Å². The number of ether oxygens (including phenoxy) is 1. The maximum Gasteiger partial charge on any atom is 0.331 e. The Hall–Kier alpha value is -1.57. The molecule has 0 aromatic heterocycles. The number of esters is 1. The summed E-state index contributed by atoms with van der Waals surface area (Å²) in [5.41, 5.74) is 5.30. The van der Waals surface area contributed by atoms with Gasteiger partial charge in [0.2, 0.25) is 0 Å². The van der Waals surface area contributed by atoms with E-state index in [1.807, 2.05) is 19.9 Å². The second kappa shape index (κ2) is 8.33. The molecule has 0 N–H and O–H groups in total. The van der Waals surface area contributed by atoms with Gasteiger partial charge in [-0.3, -0.25) is 0 Å². The van der Waals surface area contributed by atoms with Gasteiger partial charge in [-0.1, -0.05) is 53.7 Å². The summed E-state index contributed by atoms with van der Waals surface area (Å²) < 4.78 is 5.19. The molecule has 2 heteroatoms. The zero-order chi connectivity index (χ0) is 17.7. The van der Waals surface area contributed by atoms with Crippen LogP contribution < -0.4 is 0 Å². The zero-order valence-electron chi connectivity index (χ0n) is 15.9. The summed E-state index contributed by atoms with van der Waals surface area (Å²) in [6.07, 6.45) is 3.35. The molecule has 0 amide bonds. The predicted molar refractivity (Wildman–Crippen MR) is 99.0 cm³/mol. The quantitative estimate of drug-likeness (QED) is 0.473. The third-order valence-corrected chi connectivity index (χ3v) is 3.88. The van der Waals surface area contributed by atoms with Crippen LogP contribution in [0, 0.1) is 0 Å². The van der Waals surface area contributed by atoms with Gasteiger partial charge in [0.25, 0.3) is 0 Å². The van der Waals surface area contributed by atoms with E-state index < -0.39 is 0 Å². The third kappa shape index (κ3) is 5.23. The second-order valence-electron chi connectivity index (χ2n) is 7.35. The van der Waals surface area contributed by atoms with Crippen LogP contribution in [0.1, 0.15) is 95.4 Å². The summed E-state index contributed by atoms with van der Waals surface area (Å²) in [7, 11) is 0. The highest BCUT2D eigenvalue weighted by atomic mass is 16.5. The van der Waals surface area contributed by atoms with Gasteiger partial charge in [0, 0.05) is 6.08 Å². The SMILES string of the molecule is CC(C)OC(=O)C=Cc1ccc(C(C)C)c(C(C)C)c1C(C)C. The van der Waals surface area contributed by atoms with Crippen LogP contribution in [0.5, 0.6) is 0 Å². The summed E-state index contributed by atoms with van der Waals surface area (Å²) in [4.78, 5) is 11.8. The molecular formula is C21H32O2. The summed E-state index contributed by atoms with van der Waals surface area (Å²) in [5.74, 6) is 1.08. The smallest absolute Gasteiger partial charge is 0.331 e. The predicted octanol–water partition coefficient (Wildman–Crippen LogP) is 6.02. The van der Waals surface area contributed by atoms with Gasteiger partial charge in [-0.05, 0) is 59.9 Å². The molecular weight excluding hydrogens is 284 g/mol. The van der Waals surface area contributed by atoms with Gasteiger partial charge in [-0.25, -0.2) is 4.79 Å². The van der Waals surface area contributed by atoms with E-state index in [0.717, 1.165) is 5.56 Å². The molecule has 0 radical (unpaired) electrons. The molecule has 0 saturated heterocycles. The lowest BCUT2D eigenvalue weighted by molar-refractivity contribution is -0.141. The maximum atomic E-state index is 11.8. The fourth-order valence-electron chi connectivity index (χ4n) is 3.04. The largest absolute Gasteiger partial charge is 0.460 e. The maximum absolute atomic E-state index is 11.8. The molecule has 2 nitrogen and oxygen atoms in total. The van der Waals surface area contributed by atoms with Gasteiger partial charge in [0.1, 0.15) is 0 Å². The van der Waals surface area contributed by atoms with Crippen LogP contribution >= 0.6 is 0 Å². The summed E-state index contributed by atoms with van der Waals surface area (Å²) in [6, 6.07) is 4.34. The van der Waals surface area contributed by atoms with Crippen molar-refractivity contribution in [2.24, 2.45) is 0 Å². The second-order valence-corrected chi connectivity index (χ2v) is 7.35. The lowest BCUT2D eigenvalue weighted by Gasteiger charge is -2.24. The normalized spacial score (nSPS) is 12.2. The Bertz CT molecular complexity index is 563. The first-order chi connectivity index (χ1) is 10.6. The molecule has 0 saturated carbocycles. The number of rotatable bonds is 6. The highest BCUT2D eigenvalue weighted by Gasteiger charge is 2.19. The molecule has 0 spiro atoms. The fraction of sp³-hybridized carbons (Fsp3) is 0.571. The topological polar surface area (TPSA) is 26.3 Å². The monoisotopic (exact) mass is 316 g/mol. The summed E-state index contributed by atoms with van der Waals surface area (Å²) in [6.45, 7) is 17.1. The van der Waals surface area contributed by atoms with E-state index in [1.54, 1.807) is 6.08 Å². The Labute approximate surface area is 141 Å². The van der Waals surface area contributed by atoms with Crippen molar-refractivity contribution in [3.8, 4) is 0 Å². The van der Waals surface area contributed by atoms with E-state index in [9.17, 15) is 4.79 Å². The van der Waals surface area contributed by atoms with Crippen LogP contribution in [-0.2, 0) is 9.53 Å². The molecule has 1 aromatic rings. The average molecular weight is 316 g/mol. The number of hydrogen-bond acceptors (Lipinski definition) is 2. The third-order valence-electron chi connectivity index (χ3n) is 3.88. The van der Waals surface area contributed by atoms with E-state index in [0.29, 0.717) is 17.8 Å². The Balaban J connectivity index is 3.36. The molecule has 0 bridgehead atoms. The first-order valence-electron chi connectivity index (χ1n) is 8.70. The lowest BCUT2D eigenvalue weighted by Crippen LogP contribution is -2.09. The Kier molecular flexibility index (Phi) is 7.05. The molecule has 1 aromatic carbocycles. The van der Waals surface area contributed by atoms with Crippen LogP contribution in [0.3, 0.4) is 0 Å². The minimum Gasteiger partial charge on any atom is -0.460 e. The number of carbonyl (C=O) groups excluding carboxylic acids is 1. The van der Waals surface area contributed by atoms with Crippen LogP contribution in [-0.4, -0.2) is 12.1 Å². The van der Waals surface area contributed by atoms with Gasteiger partial charge in [0.15, 0.2) is 0 Å². The molecule has 128 valence electrons.